The summed E-state index contributed by atoms with van der Waals surface area (Å²) >= 11 is 0. The van der Waals surface area contributed by atoms with Crippen molar-refractivity contribution in [3.63, 3.8) is 0 Å². The van der Waals surface area contributed by atoms with Crippen molar-refractivity contribution in [3.05, 3.63) is 42.1 Å². The Hall–Kier alpha value is -1.97. The minimum Gasteiger partial charge on any atom is -0.322 e. The molecule has 0 saturated heterocycles. The molecule has 2 aliphatic rings. The topological polar surface area (TPSA) is 34.9 Å². The van der Waals surface area contributed by atoms with E-state index in [4.69, 9.17) is 0 Å². The summed E-state index contributed by atoms with van der Waals surface area (Å²) in [6.45, 7) is 2.12. The Bertz CT molecular complexity index is 721. The van der Waals surface area contributed by atoms with E-state index in [1.165, 1.54) is 6.07 Å². The zero-order valence-electron chi connectivity index (χ0n) is 11.9. The minimum atomic E-state index is -0.237. The van der Waals surface area contributed by atoms with Gasteiger partial charge in [-0.2, -0.15) is 0 Å². The van der Waals surface area contributed by atoms with Gasteiger partial charge in [-0.05, 0) is 24.8 Å². The van der Waals surface area contributed by atoms with Crippen LogP contribution in [0.3, 0.4) is 0 Å². The van der Waals surface area contributed by atoms with Gasteiger partial charge in [0.2, 0.25) is 0 Å². The van der Waals surface area contributed by atoms with Crippen LogP contribution in [-0.4, -0.2) is 15.3 Å². The second-order valence-corrected chi connectivity index (χ2v) is 6.23. The number of hydrogen-bond acceptors (Lipinski definition) is 2. The molecule has 4 heteroatoms. The number of rotatable bonds is 3. The fourth-order valence-electron chi connectivity index (χ4n) is 3.69. The van der Waals surface area contributed by atoms with Crippen LogP contribution in [0, 0.1) is 17.7 Å². The summed E-state index contributed by atoms with van der Waals surface area (Å²) in [5, 5.41) is 0. The van der Waals surface area contributed by atoms with Gasteiger partial charge in [0.25, 0.3) is 0 Å². The normalized spacial score (nSPS) is 26.1. The smallest absolute Gasteiger partial charge is 0.138 e. The van der Waals surface area contributed by atoms with Gasteiger partial charge < -0.3 is 4.57 Å². The van der Waals surface area contributed by atoms with Gasteiger partial charge in [-0.3, -0.25) is 4.79 Å². The first-order chi connectivity index (χ1) is 10.2. The Morgan fingerprint density at radius 3 is 3.00 bits per heavy atom. The zero-order valence-corrected chi connectivity index (χ0v) is 11.9. The van der Waals surface area contributed by atoms with Crippen LogP contribution in [0.1, 0.15) is 37.8 Å². The van der Waals surface area contributed by atoms with Crippen LogP contribution in [0.2, 0.25) is 0 Å². The third-order valence-electron chi connectivity index (χ3n) is 5.09. The summed E-state index contributed by atoms with van der Waals surface area (Å²) in [6.07, 6.45) is 5.92. The lowest BCUT2D eigenvalue weighted by Gasteiger charge is -2.33. The maximum atomic E-state index is 14.3. The van der Waals surface area contributed by atoms with Gasteiger partial charge in [0.1, 0.15) is 11.6 Å². The van der Waals surface area contributed by atoms with E-state index in [9.17, 15) is 9.18 Å². The molecule has 3 nitrogen and oxygen atoms in total. The number of nitrogens with zero attached hydrogens (tertiary/aromatic N) is 2. The molecule has 4 rings (SSSR count). The number of aromatic nitrogens is 2. The molecule has 2 unspecified atom stereocenters. The highest BCUT2D eigenvalue weighted by atomic mass is 19.1. The third-order valence-corrected chi connectivity index (χ3v) is 5.09. The molecule has 3 atom stereocenters. The van der Waals surface area contributed by atoms with Gasteiger partial charge in [0.05, 0.1) is 24.3 Å². The number of hydrogen-bond donors (Lipinski definition) is 0. The van der Waals surface area contributed by atoms with E-state index in [-0.39, 0.29) is 23.6 Å². The van der Waals surface area contributed by atoms with Crippen LogP contribution >= 0.6 is 0 Å². The Morgan fingerprint density at radius 1 is 1.43 bits per heavy atom. The van der Waals surface area contributed by atoms with Gasteiger partial charge in [-0.15, -0.1) is 0 Å². The SMILES string of the molecule is CC1CC[C@H]1C(=O)CC1c2c(F)cccc2-c2cncn21. The summed E-state index contributed by atoms with van der Waals surface area (Å²) in [5.74, 6) is 0.666. The van der Waals surface area contributed by atoms with Crippen molar-refractivity contribution < 1.29 is 9.18 Å². The van der Waals surface area contributed by atoms with Crippen LogP contribution < -0.4 is 0 Å². The van der Waals surface area contributed by atoms with E-state index >= 15 is 0 Å². The fraction of sp³-hybridized carbons (Fsp3) is 0.412. The molecular formula is C17H17FN2O. The largest absolute Gasteiger partial charge is 0.322 e. The quantitative estimate of drug-likeness (QED) is 0.863. The van der Waals surface area contributed by atoms with Crippen LogP contribution in [0.5, 0.6) is 0 Å². The molecule has 21 heavy (non-hydrogen) atoms. The molecule has 2 aromatic rings. The van der Waals surface area contributed by atoms with Crippen molar-refractivity contribution in [1.82, 2.24) is 9.55 Å². The Morgan fingerprint density at radius 2 is 2.29 bits per heavy atom. The molecule has 1 aromatic heterocycles. The molecule has 1 fully saturated rings. The molecule has 0 N–H and O–H groups in total. The van der Waals surface area contributed by atoms with E-state index in [1.54, 1.807) is 18.6 Å². The van der Waals surface area contributed by atoms with Gasteiger partial charge in [-0.25, -0.2) is 9.37 Å². The van der Waals surface area contributed by atoms with Gasteiger partial charge in [-0.1, -0.05) is 19.1 Å². The molecule has 1 aromatic carbocycles. The maximum Gasteiger partial charge on any atom is 0.138 e. The molecule has 1 saturated carbocycles. The average Bonchev–Trinajstić information content (AvgIpc) is 3.01. The third kappa shape index (κ3) is 1.78. The Balaban J connectivity index is 1.71. The summed E-state index contributed by atoms with van der Waals surface area (Å²) in [5.41, 5.74) is 2.42. The van der Waals surface area contributed by atoms with Crippen molar-refractivity contribution in [2.24, 2.45) is 11.8 Å². The number of carbonyl (C=O) groups excluding carboxylic acids is 1. The molecule has 0 spiro atoms. The van der Waals surface area contributed by atoms with E-state index in [2.05, 4.69) is 11.9 Å². The van der Waals surface area contributed by atoms with Crippen LogP contribution in [0.25, 0.3) is 11.3 Å². The maximum absolute atomic E-state index is 14.3. The Labute approximate surface area is 122 Å². The highest BCUT2D eigenvalue weighted by Gasteiger charge is 2.38. The lowest BCUT2D eigenvalue weighted by atomic mass is 9.71. The average molecular weight is 284 g/mol. The first-order valence-corrected chi connectivity index (χ1v) is 7.50. The van der Waals surface area contributed by atoms with E-state index in [0.29, 0.717) is 17.9 Å². The van der Waals surface area contributed by atoms with E-state index in [0.717, 1.165) is 24.1 Å². The van der Waals surface area contributed by atoms with Crippen LogP contribution in [0.4, 0.5) is 4.39 Å². The summed E-state index contributed by atoms with van der Waals surface area (Å²) < 4.78 is 16.2. The van der Waals surface area contributed by atoms with Crippen molar-refractivity contribution in [2.45, 2.75) is 32.2 Å². The van der Waals surface area contributed by atoms with Crippen molar-refractivity contribution in [3.8, 4) is 11.3 Å². The van der Waals surface area contributed by atoms with E-state index < -0.39 is 0 Å². The fourth-order valence-corrected chi connectivity index (χ4v) is 3.69. The number of Topliss-reactive ketones (excluding diaryl/α,β-unsaturated/α-hetero) is 1. The second-order valence-electron chi connectivity index (χ2n) is 6.23. The van der Waals surface area contributed by atoms with Crippen LogP contribution in [-0.2, 0) is 4.79 Å². The summed E-state index contributed by atoms with van der Waals surface area (Å²) in [4.78, 5) is 16.6. The Kier molecular flexibility index (Phi) is 2.74. The van der Waals surface area contributed by atoms with Gasteiger partial charge in [0, 0.05) is 23.5 Å². The molecule has 0 radical (unpaired) electrons. The molecule has 108 valence electrons. The molecular weight excluding hydrogens is 267 g/mol. The number of carbonyl (C=O) groups is 1. The van der Waals surface area contributed by atoms with Crippen LogP contribution in [0.15, 0.2) is 30.7 Å². The zero-order chi connectivity index (χ0) is 14.6. The number of imidazole rings is 1. The lowest BCUT2D eigenvalue weighted by molar-refractivity contribution is -0.128. The predicted octanol–water partition coefficient (Wildman–Crippen LogP) is 3.60. The van der Waals surface area contributed by atoms with Gasteiger partial charge >= 0.3 is 0 Å². The first kappa shape index (κ1) is 12.7. The van der Waals surface area contributed by atoms with E-state index in [1.807, 2.05) is 10.6 Å². The minimum absolute atomic E-state index is 0.160. The van der Waals surface area contributed by atoms with Crippen molar-refractivity contribution in [1.29, 1.82) is 0 Å². The highest BCUT2D eigenvalue weighted by Crippen LogP contribution is 2.44. The number of benzene rings is 1. The number of ketones is 1. The molecule has 1 aliphatic heterocycles. The number of fused-ring (bicyclic) bond motifs is 3. The predicted molar refractivity (Wildman–Crippen MR) is 77.3 cm³/mol. The van der Waals surface area contributed by atoms with Gasteiger partial charge in [0.15, 0.2) is 0 Å². The molecule has 0 amide bonds. The monoisotopic (exact) mass is 284 g/mol. The molecule has 0 bridgehead atoms. The summed E-state index contributed by atoms with van der Waals surface area (Å²) in [6, 6.07) is 4.85. The molecule has 2 heterocycles. The summed E-state index contributed by atoms with van der Waals surface area (Å²) in [7, 11) is 0. The lowest BCUT2D eigenvalue weighted by Crippen LogP contribution is -2.32. The van der Waals surface area contributed by atoms with Crippen molar-refractivity contribution >= 4 is 5.78 Å². The highest BCUT2D eigenvalue weighted by molar-refractivity contribution is 5.84. The first-order valence-electron chi connectivity index (χ1n) is 7.50. The second kappa shape index (κ2) is 4.52. The van der Waals surface area contributed by atoms with Crippen molar-refractivity contribution in [2.75, 3.05) is 0 Å². The standard InChI is InChI=1S/C17H17FN2O/c1-10-5-6-11(10)16(21)7-14-17-12(3-2-4-13(17)18)15-8-19-9-20(14)15/h2-4,8-11,14H,5-7H2,1H3/t10?,11-,14?/m1/s1. The molecule has 1 aliphatic carbocycles. The number of halogens is 1.